The predicted octanol–water partition coefficient (Wildman–Crippen LogP) is 3.82. The van der Waals surface area contributed by atoms with Crippen LogP contribution in [0.4, 0.5) is 17.1 Å². The number of nitrogens with two attached hydrogens (primary N) is 1. The molecule has 2 aliphatic heterocycles. The highest BCUT2D eigenvalue weighted by Gasteiger charge is 2.56. The number of hydrogen-bond donors (Lipinski definition) is 2. The van der Waals surface area contributed by atoms with Gasteiger partial charge in [0.05, 0.1) is 21.5 Å². The third kappa shape index (κ3) is 5.86. The molecule has 15 heteroatoms. The Kier molecular flexibility index (Phi) is 8.24. The van der Waals surface area contributed by atoms with E-state index in [2.05, 4.69) is 21.2 Å². The second-order valence-corrected chi connectivity index (χ2v) is 15.4. The minimum absolute atomic E-state index is 0.104. The molecule has 3 N–H and O–H groups in total. The van der Waals surface area contributed by atoms with Gasteiger partial charge in [0.2, 0.25) is 27.7 Å². The summed E-state index contributed by atoms with van der Waals surface area (Å²) in [4.78, 5) is 57.7. The van der Waals surface area contributed by atoms with Gasteiger partial charge >= 0.3 is 4.87 Å². The molecule has 1 fully saturated rings. The maximum atomic E-state index is 14.0. The lowest BCUT2D eigenvalue weighted by Gasteiger charge is -2.31. The molecule has 0 unspecified atom stereocenters. The van der Waals surface area contributed by atoms with Gasteiger partial charge in [0.15, 0.2) is 0 Å². The third-order valence-electron chi connectivity index (χ3n) is 7.67. The van der Waals surface area contributed by atoms with Crippen LogP contribution in [0.5, 0.6) is 0 Å². The Morgan fingerprint density at radius 3 is 2.20 bits per heavy atom. The van der Waals surface area contributed by atoms with Gasteiger partial charge in [-0.15, -0.1) is 0 Å². The minimum atomic E-state index is -3.90. The highest BCUT2D eigenvalue weighted by molar-refractivity contribution is 9.10. The first-order chi connectivity index (χ1) is 21.3. The predicted molar refractivity (Wildman–Crippen MR) is 177 cm³/mol. The lowest BCUT2D eigenvalue weighted by molar-refractivity contribution is -0.122. The number of fused-ring (bicyclic) bond motifs is 2. The van der Waals surface area contributed by atoms with Crippen molar-refractivity contribution in [3.05, 3.63) is 97.4 Å². The van der Waals surface area contributed by atoms with Gasteiger partial charge in [-0.25, -0.2) is 18.5 Å². The van der Waals surface area contributed by atoms with Crippen LogP contribution in [0.15, 0.2) is 92.0 Å². The fourth-order valence-electron chi connectivity index (χ4n) is 5.51. The molecule has 0 saturated carbocycles. The second-order valence-electron chi connectivity index (χ2n) is 10.8. The van der Waals surface area contributed by atoms with Crippen molar-refractivity contribution in [2.45, 2.75) is 27.6 Å². The number of nitrogens with one attached hydrogen (secondary N) is 1. The van der Waals surface area contributed by atoms with Crippen molar-refractivity contribution in [1.82, 2.24) is 4.57 Å². The molecule has 0 spiro atoms. The zero-order chi connectivity index (χ0) is 32.2. The van der Waals surface area contributed by atoms with Crippen molar-refractivity contribution in [2.75, 3.05) is 29.2 Å². The molecule has 3 atom stereocenters. The summed E-state index contributed by atoms with van der Waals surface area (Å²) < 4.78 is 25.3. The van der Waals surface area contributed by atoms with Crippen LogP contribution in [0.3, 0.4) is 0 Å². The molecule has 4 aromatic rings. The third-order valence-corrected chi connectivity index (χ3v) is 11.7. The van der Waals surface area contributed by atoms with Crippen molar-refractivity contribution < 1.29 is 22.8 Å². The Labute approximate surface area is 275 Å². The fourth-order valence-corrected chi connectivity index (χ4v) is 9.06. The number of halogens is 1. The zero-order valence-electron chi connectivity index (χ0n) is 23.8. The number of thioether (sulfide) groups is 1. The van der Waals surface area contributed by atoms with Crippen molar-refractivity contribution in [3.8, 4) is 0 Å². The van der Waals surface area contributed by atoms with Gasteiger partial charge in [-0.2, -0.15) is 0 Å². The molecule has 232 valence electrons. The van der Waals surface area contributed by atoms with E-state index in [-0.39, 0.29) is 23.3 Å². The lowest BCUT2D eigenvalue weighted by atomic mass is 9.83. The van der Waals surface area contributed by atoms with Crippen LogP contribution >= 0.6 is 39.0 Å². The molecular formula is C30H26BrN5O6S3. The van der Waals surface area contributed by atoms with Gasteiger partial charge in [-0.05, 0) is 66.2 Å². The van der Waals surface area contributed by atoms with E-state index in [9.17, 15) is 27.6 Å². The Morgan fingerprint density at radius 1 is 0.956 bits per heavy atom. The summed E-state index contributed by atoms with van der Waals surface area (Å²) in [6, 6.07) is 19.9. The molecule has 0 bridgehead atoms. The molecule has 3 heterocycles. The topological polar surface area (TPSA) is 152 Å². The maximum absolute atomic E-state index is 14.0. The summed E-state index contributed by atoms with van der Waals surface area (Å²) in [6.45, 7) is -0.350. The Morgan fingerprint density at radius 2 is 1.60 bits per heavy atom. The van der Waals surface area contributed by atoms with E-state index < -0.39 is 37.9 Å². The van der Waals surface area contributed by atoms with E-state index in [1.54, 1.807) is 24.3 Å². The molecule has 6 rings (SSSR count). The summed E-state index contributed by atoms with van der Waals surface area (Å²) >= 11 is 5.49. The number of primary sulfonamides is 1. The largest absolute Gasteiger partial charge is 0.378 e. The number of hydrogen-bond acceptors (Lipinski definition) is 9. The normalized spacial score (nSPS) is 19.3. The number of carbonyl (C=O) groups is 3. The molecule has 3 aromatic carbocycles. The smallest absolute Gasteiger partial charge is 0.308 e. The lowest BCUT2D eigenvalue weighted by Crippen LogP contribution is -2.33. The summed E-state index contributed by atoms with van der Waals surface area (Å²) in [5.41, 5.74) is 2.51. The summed E-state index contributed by atoms with van der Waals surface area (Å²) in [6.07, 6.45) is 0. The van der Waals surface area contributed by atoms with Gasteiger partial charge in [-0.3, -0.25) is 23.7 Å². The molecule has 11 nitrogen and oxygen atoms in total. The van der Waals surface area contributed by atoms with E-state index in [4.69, 9.17) is 5.14 Å². The number of carbonyl (C=O) groups excluding carboxylic acids is 3. The quantitative estimate of drug-likeness (QED) is 0.273. The standard InChI is InChI=1S/C30H26BrN5O6S3/c1-34(2)19-9-3-16(4-10-19)23-24-25(28(39)36(27(24)38)20-11-5-17(31)6-12-20)43-29-26(23)44-30(40)35(29)15-22(37)33-18-7-13-21(14-8-18)45(32,41)42/h3-14,23-25H,15H2,1-2H3,(H,33,37)(H2,32,41,42)/t23-,24-,25+/m0/s1. The van der Waals surface area contributed by atoms with Gasteiger partial charge in [0.25, 0.3) is 0 Å². The molecule has 45 heavy (non-hydrogen) atoms. The maximum Gasteiger partial charge on any atom is 0.308 e. The number of imide groups is 1. The average molecular weight is 729 g/mol. The molecule has 2 aliphatic rings. The molecule has 3 amide bonds. The molecule has 0 radical (unpaired) electrons. The Hall–Kier alpha value is -3.76. The number of aromatic nitrogens is 1. The van der Waals surface area contributed by atoms with Crippen LogP contribution in [0, 0.1) is 5.92 Å². The number of benzene rings is 3. The van der Waals surface area contributed by atoms with Gasteiger partial charge in [0, 0.05) is 40.7 Å². The first kappa shape index (κ1) is 31.2. The fraction of sp³-hybridized carbons (Fsp3) is 0.200. The van der Waals surface area contributed by atoms with Crippen molar-refractivity contribution >= 4 is 83.8 Å². The van der Waals surface area contributed by atoms with Crippen LogP contribution in [0.25, 0.3) is 0 Å². The molecular weight excluding hydrogens is 702 g/mol. The summed E-state index contributed by atoms with van der Waals surface area (Å²) in [5, 5.41) is 7.47. The second kappa shape index (κ2) is 11.9. The SMILES string of the molecule is CN(C)c1ccc([C@@H]2c3sc(=O)n(CC(=O)Nc4ccc(S(N)(=O)=O)cc4)c3S[C@H]3C(=O)N(c4ccc(Br)cc4)C(=O)[C@@H]23)cc1. The average Bonchev–Trinajstić information content (AvgIpc) is 3.43. The van der Waals surface area contributed by atoms with E-state index >= 15 is 0 Å². The highest BCUT2D eigenvalue weighted by atomic mass is 79.9. The number of sulfonamides is 1. The highest BCUT2D eigenvalue weighted by Crippen LogP contribution is 2.54. The number of rotatable bonds is 7. The monoisotopic (exact) mass is 727 g/mol. The van der Waals surface area contributed by atoms with Crippen LogP contribution < -0.4 is 25.1 Å². The summed E-state index contributed by atoms with van der Waals surface area (Å²) in [7, 11) is -0.0628. The zero-order valence-corrected chi connectivity index (χ0v) is 27.9. The number of amides is 3. The number of nitrogens with zero attached hydrogens (tertiary/aromatic N) is 3. The molecule has 1 saturated heterocycles. The van der Waals surface area contributed by atoms with Gasteiger partial charge < -0.3 is 10.2 Å². The van der Waals surface area contributed by atoms with Crippen LogP contribution in [0.1, 0.15) is 16.4 Å². The Balaban J connectivity index is 1.37. The van der Waals surface area contributed by atoms with Crippen molar-refractivity contribution in [1.29, 1.82) is 0 Å². The van der Waals surface area contributed by atoms with E-state index in [0.29, 0.717) is 21.3 Å². The van der Waals surface area contributed by atoms with E-state index in [1.165, 1.54) is 33.7 Å². The van der Waals surface area contributed by atoms with Crippen LogP contribution in [-0.2, 0) is 31.0 Å². The first-order valence-corrected chi connectivity index (χ1v) is 17.6. The van der Waals surface area contributed by atoms with Crippen molar-refractivity contribution in [3.63, 3.8) is 0 Å². The van der Waals surface area contributed by atoms with Crippen molar-refractivity contribution in [2.24, 2.45) is 11.1 Å². The molecule has 1 aromatic heterocycles. The summed E-state index contributed by atoms with van der Waals surface area (Å²) in [5.74, 6) is -2.61. The Bertz CT molecular complexity index is 1990. The first-order valence-electron chi connectivity index (χ1n) is 13.6. The number of anilines is 3. The molecule has 0 aliphatic carbocycles. The van der Waals surface area contributed by atoms with Gasteiger partial charge in [-0.1, -0.05) is 51.2 Å². The van der Waals surface area contributed by atoms with Crippen LogP contribution in [-0.4, -0.2) is 50.1 Å². The van der Waals surface area contributed by atoms with E-state index in [1.807, 2.05) is 43.3 Å². The van der Waals surface area contributed by atoms with E-state index in [0.717, 1.165) is 38.8 Å². The minimum Gasteiger partial charge on any atom is -0.378 e. The van der Waals surface area contributed by atoms with Gasteiger partial charge in [0.1, 0.15) is 11.8 Å². The van der Waals surface area contributed by atoms with Crippen LogP contribution in [0.2, 0.25) is 0 Å². The number of thiazole rings is 1.